The van der Waals surface area contributed by atoms with Crippen LogP contribution < -0.4 is 10.2 Å². The van der Waals surface area contributed by atoms with Gasteiger partial charge >= 0.3 is 5.97 Å². The minimum Gasteiger partial charge on any atom is -0.481 e. The van der Waals surface area contributed by atoms with Crippen molar-refractivity contribution in [2.75, 3.05) is 16.8 Å². The molecule has 1 aliphatic heterocycles. The maximum atomic E-state index is 12.3. The Morgan fingerprint density at radius 1 is 1.40 bits per heavy atom. The molecule has 0 aliphatic carbocycles. The van der Waals surface area contributed by atoms with E-state index in [1.54, 1.807) is 12.1 Å². The molecule has 1 aliphatic rings. The number of anilines is 2. The second-order valence-electron chi connectivity index (χ2n) is 4.52. The van der Waals surface area contributed by atoms with Gasteiger partial charge in [-0.05, 0) is 18.6 Å². The molecule has 0 fully saturated rings. The summed E-state index contributed by atoms with van der Waals surface area (Å²) in [6, 6.07) is 2.86. The summed E-state index contributed by atoms with van der Waals surface area (Å²) in [7, 11) is 0. The van der Waals surface area contributed by atoms with Gasteiger partial charge in [0.2, 0.25) is 5.91 Å². The van der Waals surface area contributed by atoms with Crippen LogP contribution in [0.3, 0.4) is 0 Å². The van der Waals surface area contributed by atoms with Gasteiger partial charge in [0, 0.05) is 6.54 Å². The van der Waals surface area contributed by atoms with Gasteiger partial charge in [-0.25, -0.2) is 0 Å². The van der Waals surface area contributed by atoms with Crippen molar-refractivity contribution in [1.82, 2.24) is 0 Å². The number of carboxylic acids is 1. The lowest BCUT2D eigenvalue weighted by molar-refractivity contribution is -0.136. The van der Waals surface area contributed by atoms with Crippen LogP contribution in [0.15, 0.2) is 12.1 Å². The molecule has 1 atom stereocenters. The van der Waals surface area contributed by atoms with E-state index in [-0.39, 0.29) is 24.9 Å². The Morgan fingerprint density at radius 2 is 2.05 bits per heavy atom. The third-order valence-electron chi connectivity index (χ3n) is 3.18. The number of rotatable bonds is 4. The third-order valence-corrected chi connectivity index (χ3v) is 3.90. The molecule has 5 nitrogen and oxygen atoms in total. The van der Waals surface area contributed by atoms with Gasteiger partial charge in [0.05, 0.1) is 27.8 Å². The SMILES string of the molecule is CCC1Nc2cc(Cl)c(Cl)cc2N(CCC(=O)O)C1=O. The summed E-state index contributed by atoms with van der Waals surface area (Å²) in [5.41, 5.74) is 1.26. The molecule has 2 N–H and O–H groups in total. The molecule has 0 radical (unpaired) electrons. The van der Waals surface area contributed by atoms with Crippen molar-refractivity contribution in [3.8, 4) is 0 Å². The molecule has 0 bridgehead atoms. The topological polar surface area (TPSA) is 69.6 Å². The van der Waals surface area contributed by atoms with Gasteiger partial charge in [-0.3, -0.25) is 9.59 Å². The summed E-state index contributed by atoms with van der Waals surface area (Å²) in [5.74, 6) is -1.11. The molecule has 0 saturated heterocycles. The summed E-state index contributed by atoms with van der Waals surface area (Å²) in [6.07, 6.45) is 0.476. The molecule has 1 amide bonds. The number of carbonyl (C=O) groups excluding carboxylic acids is 1. The largest absolute Gasteiger partial charge is 0.481 e. The molecule has 0 spiro atoms. The average Bonchev–Trinajstić information content (AvgIpc) is 2.39. The van der Waals surface area contributed by atoms with Crippen molar-refractivity contribution in [2.45, 2.75) is 25.8 Å². The predicted molar refractivity (Wildman–Crippen MR) is 78.8 cm³/mol. The van der Waals surface area contributed by atoms with Crippen LogP contribution >= 0.6 is 23.2 Å². The summed E-state index contributed by atoms with van der Waals surface area (Å²) in [6.45, 7) is 1.99. The fraction of sp³-hybridized carbons (Fsp3) is 0.385. The van der Waals surface area contributed by atoms with Crippen LogP contribution in [0.2, 0.25) is 10.0 Å². The van der Waals surface area contributed by atoms with Gasteiger partial charge in [-0.15, -0.1) is 0 Å². The average molecular weight is 317 g/mol. The van der Waals surface area contributed by atoms with E-state index in [4.69, 9.17) is 28.3 Å². The molecule has 1 unspecified atom stereocenters. The summed E-state index contributed by atoms with van der Waals surface area (Å²) < 4.78 is 0. The molecule has 0 aromatic heterocycles. The highest BCUT2D eigenvalue weighted by Gasteiger charge is 2.32. The van der Waals surface area contributed by atoms with Crippen molar-refractivity contribution in [2.24, 2.45) is 0 Å². The van der Waals surface area contributed by atoms with E-state index in [0.717, 1.165) is 0 Å². The highest BCUT2D eigenvalue weighted by molar-refractivity contribution is 6.42. The van der Waals surface area contributed by atoms with Crippen LogP contribution in [0.5, 0.6) is 0 Å². The Balaban J connectivity index is 2.41. The van der Waals surface area contributed by atoms with E-state index >= 15 is 0 Å². The maximum Gasteiger partial charge on any atom is 0.305 e. The first-order valence-corrected chi connectivity index (χ1v) is 6.98. The van der Waals surface area contributed by atoms with Gasteiger partial charge in [-0.1, -0.05) is 30.1 Å². The molecular weight excluding hydrogens is 303 g/mol. The van der Waals surface area contributed by atoms with Gasteiger partial charge < -0.3 is 15.3 Å². The Labute approximate surface area is 126 Å². The van der Waals surface area contributed by atoms with Crippen LogP contribution in [0.4, 0.5) is 11.4 Å². The molecule has 1 heterocycles. The van der Waals surface area contributed by atoms with E-state index < -0.39 is 5.97 Å². The number of carboxylic acid groups (broad SMARTS) is 1. The number of fused-ring (bicyclic) bond motifs is 1. The van der Waals surface area contributed by atoms with E-state index in [2.05, 4.69) is 5.32 Å². The van der Waals surface area contributed by atoms with E-state index in [1.807, 2.05) is 6.92 Å². The van der Waals surface area contributed by atoms with Crippen molar-refractivity contribution in [1.29, 1.82) is 0 Å². The Morgan fingerprint density at radius 3 is 2.65 bits per heavy atom. The summed E-state index contributed by atoms with van der Waals surface area (Å²) in [4.78, 5) is 24.5. The van der Waals surface area contributed by atoms with Crippen LogP contribution in [-0.4, -0.2) is 29.6 Å². The number of benzene rings is 1. The number of halogens is 2. The van der Waals surface area contributed by atoms with E-state index in [0.29, 0.717) is 27.8 Å². The number of amides is 1. The number of aliphatic carboxylic acids is 1. The fourth-order valence-corrected chi connectivity index (χ4v) is 2.47. The number of hydrogen-bond acceptors (Lipinski definition) is 3. The third kappa shape index (κ3) is 2.83. The molecule has 0 saturated carbocycles. The monoisotopic (exact) mass is 316 g/mol. The molecule has 108 valence electrons. The zero-order chi connectivity index (χ0) is 14.9. The van der Waals surface area contributed by atoms with Crippen LogP contribution in [0.25, 0.3) is 0 Å². The first-order valence-electron chi connectivity index (χ1n) is 6.22. The highest BCUT2D eigenvalue weighted by atomic mass is 35.5. The predicted octanol–water partition coefficient (Wildman–Crippen LogP) is 3.01. The zero-order valence-corrected chi connectivity index (χ0v) is 12.3. The van der Waals surface area contributed by atoms with Gasteiger partial charge in [0.15, 0.2) is 0 Å². The summed E-state index contributed by atoms with van der Waals surface area (Å²) in [5, 5.41) is 12.6. The van der Waals surface area contributed by atoms with Gasteiger partial charge in [0.25, 0.3) is 0 Å². The lowest BCUT2D eigenvalue weighted by Gasteiger charge is -2.35. The Hall–Kier alpha value is -1.46. The van der Waals surface area contributed by atoms with Crippen molar-refractivity contribution < 1.29 is 14.7 Å². The first kappa shape index (κ1) is 14.9. The number of nitrogens with one attached hydrogen (secondary N) is 1. The Kier molecular flexibility index (Phi) is 4.40. The molecule has 1 aromatic carbocycles. The Bertz CT molecular complexity index is 563. The standard InChI is InChI=1S/C13H14Cl2N2O3/c1-2-9-13(20)17(4-3-12(18)19)11-6-8(15)7(14)5-10(11)16-9/h5-6,9,16H,2-4H2,1H3,(H,18,19). The van der Waals surface area contributed by atoms with Crippen molar-refractivity contribution in [3.63, 3.8) is 0 Å². The van der Waals surface area contributed by atoms with Crippen molar-refractivity contribution >= 4 is 46.5 Å². The number of carbonyl (C=O) groups is 2. The number of hydrogen-bond donors (Lipinski definition) is 2. The normalized spacial score (nSPS) is 17.6. The molecule has 7 heteroatoms. The maximum absolute atomic E-state index is 12.3. The van der Waals surface area contributed by atoms with E-state index in [9.17, 15) is 9.59 Å². The second-order valence-corrected chi connectivity index (χ2v) is 5.34. The van der Waals surface area contributed by atoms with Gasteiger partial charge in [-0.2, -0.15) is 0 Å². The van der Waals surface area contributed by atoms with Crippen LogP contribution in [0, 0.1) is 0 Å². The first-order chi connectivity index (χ1) is 9.43. The molecule has 1 aromatic rings. The van der Waals surface area contributed by atoms with Gasteiger partial charge in [0.1, 0.15) is 6.04 Å². The number of nitrogens with zero attached hydrogens (tertiary/aromatic N) is 1. The fourth-order valence-electron chi connectivity index (χ4n) is 2.15. The zero-order valence-electron chi connectivity index (χ0n) is 10.8. The quantitative estimate of drug-likeness (QED) is 0.895. The van der Waals surface area contributed by atoms with Crippen LogP contribution in [-0.2, 0) is 9.59 Å². The van der Waals surface area contributed by atoms with Crippen LogP contribution in [0.1, 0.15) is 19.8 Å². The highest BCUT2D eigenvalue weighted by Crippen LogP contribution is 2.38. The lowest BCUT2D eigenvalue weighted by Crippen LogP contribution is -2.47. The molecule has 2 rings (SSSR count). The minimum atomic E-state index is -0.953. The smallest absolute Gasteiger partial charge is 0.305 e. The summed E-state index contributed by atoms with van der Waals surface area (Å²) >= 11 is 12.0. The second kappa shape index (κ2) is 5.89. The minimum absolute atomic E-state index is 0.108. The molecular formula is C13H14Cl2N2O3. The van der Waals surface area contributed by atoms with E-state index in [1.165, 1.54) is 4.90 Å². The van der Waals surface area contributed by atoms with Crippen molar-refractivity contribution in [3.05, 3.63) is 22.2 Å². The lowest BCUT2D eigenvalue weighted by atomic mass is 10.1. The molecule has 20 heavy (non-hydrogen) atoms.